The van der Waals surface area contributed by atoms with Crippen LogP contribution in [0.3, 0.4) is 0 Å². The first-order valence-corrected chi connectivity index (χ1v) is 8.48. The van der Waals surface area contributed by atoms with E-state index in [2.05, 4.69) is 51.7 Å². The van der Waals surface area contributed by atoms with Gasteiger partial charge in [0.2, 0.25) is 0 Å². The third-order valence-electron chi connectivity index (χ3n) is 4.12. The highest BCUT2D eigenvalue weighted by molar-refractivity contribution is 9.09. The summed E-state index contributed by atoms with van der Waals surface area (Å²) in [6.45, 7) is 0.609. The van der Waals surface area contributed by atoms with Gasteiger partial charge in [0.15, 0.2) is 5.60 Å². The molecule has 0 saturated heterocycles. The number of hydroxylamine groups is 1. The Morgan fingerprint density at radius 2 is 1.86 bits per heavy atom. The smallest absolute Gasteiger partial charge is 0.162 e. The standard InChI is InChI=1S/C18H16BrNO2/c19-10-11-21-20-17-14-8-4-5-9-16(14)22-18(12-15(17)18)13-6-2-1-3-7-13/h1-9,20H,10-12H2. The van der Waals surface area contributed by atoms with Crippen molar-refractivity contribution in [3.63, 3.8) is 0 Å². The molecule has 1 unspecified atom stereocenters. The predicted molar refractivity (Wildman–Crippen MR) is 89.6 cm³/mol. The Hall–Kier alpha value is -1.78. The highest BCUT2D eigenvalue weighted by atomic mass is 79.9. The Morgan fingerprint density at radius 1 is 1.09 bits per heavy atom. The van der Waals surface area contributed by atoms with E-state index in [0.29, 0.717) is 6.61 Å². The molecule has 1 saturated carbocycles. The quantitative estimate of drug-likeness (QED) is 0.498. The fourth-order valence-corrected chi connectivity index (χ4v) is 3.19. The van der Waals surface area contributed by atoms with Gasteiger partial charge in [-0.2, -0.15) is 0 Å². The number of rotatable bonds is 5. The minimum Gasteiger partial charge on any atom is -0.477 e. The molecule has 1 aliphatic carbocycles. The molecule has 3 nitrogen and oxygen atoms in total. The summed E-state index contributed by atoms with van der Waals surface area (Å²) in [6, 6.07) is 18.5. The zero-order chi connectivity index (χ0) is 15.0. The van der Waals surface area contributed by atoms with Gasteiger partial charge in [0, 0.05) is 28.5 Å². The van der Waals surface area contributed by atoms with Crippen molar-refractivity contribution >= 4 is 21.6 Å². The summed E-state index contributed by atoms with van der Waals surface area (Å²) >= 11 is 3.37. The van der Waals surface area contributed by atoms with Crippen molar-refractivity contribution < 1.29 is 9.57 Å². The molecule has 22 heavy (non-hydrogen) atoms. The zero-order valence-corrected chi connectivity index (χ0v) is 13.6. The van der Waals surface area contributed by atoms with Crippen molar-refractivity contribution in [2.75, 3.05) is 11.9 Å². The summed E-state index contributed by atoms with van der Waals surface area (Å²) in [5.74, 6) is 0.901. The van der Waals surface area contributed by atoms with E-state index in [9.17, 15) is 0 Å². The van der Waals surface area contributed by atoms with Crippen LogP contribution in [-0.2, 0) is 10.4 Å². The van der Waals surface area contributed by atoms with E-state index in [-0.39, 0.29) is 5.60 Å². The maximum Gasteiger partial charge on any atom is 0.162 e. The number of para-hydroxylation sites is 1. The molecule has 0 amide bonds. The van der Waals surface area contributed by atoms with Crippen LogP contribution < -0.4 is 10.2 Å². The van der Waals surface area contributed by atoms with Crippen LogP contribution in [0.5, 0.6) is 5.75 Å². The van der Waals surface area contributed by atoms with Crippen LogP contribution in [-0.4, -0.2) is 11.9 Å². The number of ether oxygens (including phenoxy) is 1. The first-order chi connectivity index (χ1) is 10.8. The molecule has 1 heterocycles. The van der Waals surface area contributed by atoms with Gasteiger partial charge in [-0.1, -0.05) is 58.4 Å². The van der Waals surface area contributed by atoms with Crippen LogP contribution in [0.15, 0.2) is 60.2 Å². The average Bonchev–Trinajstić information content (AvgIpc) is 3.31. The number of hydrogen-bond donors (Lipinski definition) is 1. The Kier molecular flexibility index (Phi) is 3.43. The van der Waals surface area contributed by atoms with E-state index in [0.717, 1.165) is 28.8 Å². The van der Waals surface area contributed by atoms with Gasteiger partial charge in [-0.05, 0) is 12.1 Å². The molecule has 4 heteroatoms. The highest BCUT2D eigenvalue weighted by Crippen LogP contribution is 2.60. The molecule has 1 aliphatic heterocycles. The summed E-state index contributed by atoms with van der Waals surface area (Å²) in [7, 11) is 0. The van der Waals surface area contributed by atoms with Gasteiger partial charge in [-0.15, -0.1) is 0 Å². The summed E-state index contributed by atoms with van der Waals surface area (Å²) in [5.41, 5.74) is 7.37. The second-order valence-electron chi connectivity index (χ2n) is 5.46. The van der Waals surface area contributed by atoms with Gasteiger partial charge in [0.05, 0.1) is 12.3 Å². The molecule has 0 spiro atoms. The molecule has 0 aromatic heterocycles. The van der Waals surface area contributed by atoms with Crippen molar-refractivity contribution in [3.8, 4) is 5.75 Å². The Morgan fingerprint density at radius 3 is 2.68 bits per heavy atom. The maximum atomic E-state index is 6.35. The monoisotopic (exact) mass is 357 g/mol. The lowest BCUT2D eigenvalue weighted by Gasteiger charge is -2.26. The number of hydrogen-bond acceptors (Lipinski definition) is 3. The van der Waals surface area contributed by atoms with Gasteiger partial charge < -0.3 is 4.74 Å². The van der Waals surface area contributed by atoms with Crippen LogP contribution in [0.4, 0.5) is 0 Å². The van der Waals surface area contributed by atoms with Crippen LogP contribution in [0.25, 0.3) is 5.70 Å². The molecular weight excluding hydrogens is 342 g/mol. The van der Waals surface area contributed by atoms with Gasteiger partial charge in [-0.3, -0.25) is 10.3 Å². The second-order valence-corrected chi connectivity index (χ2v) is 6.25. The average molecular weight is 358 g/mol. The molecule has 1 atom stereocenters. The SMILES string of the molecule is BrCCONC1=C2CC2(c2ccccc2)Oc2ccccc21. The molecular formula is C18H16BrNO2. The van der Waals surface area contributed by atoms with E-state index in [1.807, 2.05) is 24.3 Å². The van der Waals surface area contributed by atoms with Crippen LogP contribution in [0.1, 0.15) is 17.5 Å². The van der Waals surface area contributed by atoms with E-state index >= 15 is 0 Å². The number of benzene rings is 2. The number of fused-ring (bicyclic) bond motifs is 2. The van der Waals surface area contributed by atoms with Crippen molar-refractivity contribution in [1.82, 2.24) is 5.48 Å². The zero-order valence-electron chi connectivity index (χ0n) is 12.0. The first kappa shape index (κ1) is 13.9. The molecule has 1 N–H and O–H groups in total. The molecule has 0 radical (unpaired) electrons. The lowest BCUT2D eigenvalue weighted by Crippen LogP contribution is -2.24. The fraction of sp³-hybridized carbons (Fsp3) is 0.222. The molecule has 4 rings (SSSR count). The minimum atomic E-state index is -0.324. The summed E-state index contributed by atoms with van der Waals surface area (Å²) < 4.78 is 6.35. The Balaban J connectivity index is 1.75. The predicted octanol–water partition coefficient (Wildman–Crippen LogP) is 4.01. The first-order valence-electron chi connectivity index (χ1n) is 7.36. The molecule has 2 aromatic rings. The summed E-state index contributed by atoms with van der Waals surface area (Å²) in [5, 5.41) is 0.796. The van der Waals surface area contributed by atoms with E-state index in [1.54, 1.807) is 0 Å². The van der Waals surface area contributed by atoms with Gasteiger partial charge in [0.1, 0.15) is 5.75 Å². The second kappa shape index (κ2) is 5.45. The van der Waals surface area contributed by atoms with Crippen LogP contribution >= 0.6 is 15.9 Å². The Bertz CT molecular complexity index is 729. The maximum absolute atomic E-state index is 6.35. The fourth-order valence-electron chi connectivity index (χ4n) is 3.03. The molecule has 2 aliphatic rings. The van der Waals surface area contributed by atoms with E-state index < -0.39 is 0 Å². The lowest BCUT2D eigenvalue weighted by atomic mass is 10.0. The topological polar surface area (TPSA) is 30.5 Å². The Labute approximate surface area is 138 Å². The molecule has 2 aromatic carbocycles. The third-order valence-corrected chi connectivity index (χ3v) is 4.45. The van der Waals surface area contributed by atoms with Crippen molar-refractivity contribution in [2.24, 2.45) is 0 Å². The minimum absolute atomic E-state index is 0.324. The number of halogens is 1. The van der Waals surface area contributed by atoms with Crippen LogP contribution in [0, 0.1) is 0 Å². The largest absolute Gasteiger partial charge is 0.477 e. The number of alkyl halides is 1. The lowest BCUT2D eigenvalue weighted by molar-refractivity contribution is 0.0903. The molecule has 0 bridgehead atoms. The highest BCUT2D eigenvalue weighted by Gasteiger charge is 2.58. The van der Waals surface area contributed by atoms with Crippen molar-refractivity contribution in [3.05, 3.63) is 71.3 Å². The van der Waals surface area contributed by atoms with E-state index in [1.165, 1.54) is 11.1 Å². The molecule has 1 fully saturated rings. The van der Waals surface area contributed by atoms with E-state index in [4.69, 9.17) is 9.57 Å². The molecule has 112 valence electrons. The van der Waals surface area contributed by atoms with Crippen molar-refractivity contribution in [1.29, 1.82) is 0 Å². The number of nitrogens with one attached hydrogen (secondary N) is 1. The normalized spacial score (nSPS) is 21.7. The van der Waals surface area contributed by atoms with Gasteiger partial charge >= 0.3 is 0 Å². The van der Waals surface area contributed by atoms with Crippen LogP contribution in [0.2, 0.25) is 0 Å². The summed E-state index contributed by atoms with van der Waals surface area (Å²) in [4.78, 5) is 5.55. The third kappa shape index (κ3) is 2.14. The van der Waals surface area contributed by atoms with Crippen molar-refractivity contribution in [2.45, 2.75) is 12.0 Å². The van der Waals surface area contributed by atoms with Gasteiger partial charge in [-0.25, -0.2) is 0 Å². The summed E-state index contributed by atoms with van der Waals surface area (Å²) in [6.07, 6.45) is 0.895. The van der Waals surface area contributed by atoms with Gasteiger partial charge in [0.25, 0.3) is 0 Å².